The molecular formula is C19H18ClF2NO5. The van der Waals surface area contributed by atoms with Crippen LogP contribution in [0.1, 0.15) is 24.2 Å². The van der Waals surface area contributed by atoms with Gasteiger partial charge < -0.3 is 19.5 Å². The molecule has 0 aliphatic carbocycles. The lowest BCUT2D eigenvalue weighted by molar-refractivity contribution is -0.123. The zero-order valence-electron chi connectivity index (χ0n) is 15.1. The summed E-state index contributed by atoms with van der Waals surface area (Å²) in [5, 5.41) is 3.01. The first-order valence-corrected chi connectivity index (χ1v) is 8.67. The van der Waals surface area contributed by atoms with E-state index in [1.807, 2.05) is 0 Å². The number of hydrogen-bond donors (Lipinski definition) is 1. The van der Waals surface area contributed by atoms with Crippen molar-refractivity contribution in [2.45, 2.75) is 26.6 Å². The highest BCUT2D eigenvalue weighted by Gasteiger charge is 2.21. The molecule has 0 bridgehead atoms. The molecule has 0 fully saturated rings. The highest BCUT2D eigenvalue weighted by Crippen LogP contribution is 2.30. The van der Waals surface area contributed by atoms with E-state index in [0.717, 1.165) is 0 Å². The Morgan fingerprint density at radius 3 is 2.54 bits per heavy atom. The van der Waals surface area contributed by atoms with E-state index in [2.05, 4.69) is 10.1 Å². The van der Waals surface area contributed by atoms with Gasteiger partial charge in [0.05, 0.1) is 12.2 Å². The highest BCUT2D eigenvalue weighted by atomic mass is 35.5. The molecule has 150 valence electrons. The maximum atomic E-state index is 12.4. The van der Waals surface area contributed by atoms with Crippen LogP contribution in [0.2, 0.25) is 5.02 Å². The number of carbonyl (C=O) groups is 2. The number of ether oxygens (including phenoxy) is 3. The van der Waals surface area contributed by atoms with Gasteiger partial charge in [0, 0.05) is 10.7 Å². The lowest BCUT2D eigenvalue weighted by atomic mass is 10.2. The van der Waals surface area contributed by atoms with Gasteiger partial charge in [-0.05, 0) is 50.2 Å². The highest BCUT2D eigenvalue weighted by molar-refractivity contribution is 6.30. The summed E-state index contributed by atoms with van der Waals surface area (Å²) in [6, 6.07) is 10.1. The minimum absolute atomic E-state index is 0.0208. The minimum atomic E-state index is -3.03. The van der Waals surface area contributed by atoms with Gasteiger partial charge in [0.1, 0.15) is 0 Å². The Labute approximate surface area is 165 Å². The number of esters is 1. The number of benzene rings is 2. The van der Waals surface area contributed by atoms with Crippen LogP contribution in [0.5, 0.6) is 11.5 Å². The van der Waals surface area contributed by atoms with Gasteiger partial charge in [-0.1, -0.05) is 17.7 Å². The molecule has 28 heavy (non-hydrogen) atoms. The Morgan fingerprint density at radius 1 is 1.14 bits per heavy atom. The van der Waals surface area contributed by atoms with Crippen molar-refractivity contribution in [3.63, 3.8) is 0 Å². The number of halogens is 3. The van der Waals surface area contributed by atoms with E-state index in [1.165, 1.54) is 25.1 Å². The van der Waals surface area contributed by atoms with Crippen molar-refractivity contribution in [1.82, 2.24) is 0 Å². The van der Waals surface area contributed by atoms with Crippen LogP contribution in [0.15, 0.2) is 42.5 Å². The molecule has 6 nitrogen and oxygen atoms in total. The monoisotopic (exact) mass is 413 g/mol. The molecule has 1 atom stereocenters. The predicted molar refractivity (Wildman–Crippen MR) is 99.2 cm³/mol. The Morgan fingerprint density at radius 2 is 1.89 bits per heavy atom. The van der Waals surface area contributed by atoms with Gasteiger partial charge in [-0.25, -0.2) is 4.79 Å². The molecule has 2 aromatic carbocycles. The lowest BCUT2D eigenvalue weighted by Crippen LogP contribution is -2.30. The molecule has 2 rings (SSSR count). The Hall–Kier alpha value is -2.87. The fourth-order valence-electron chi connectivity index (χ4n) is 2.19. The Balaban J connectivity index is 2.06. The number of carbonyl (C=O) groups excluding carboxylic acids is 2. The predicted octanol–water partition coefficient (Wildman–Crippen LogP) is 4.52. The minimum Gasteiger partial charge on any atom is -0.490 e. The molecule has 0 spiro atoms. The van der Waals surface area contributed by atoms with Gasteiger partial charge in [0.2, 0.25) is 0 Å². The van der Waals surface area contributed by atoms with Crippen LogP contribution in [0, 0.1) is 0 Å². The summed E-state index contributed by atoms with van der Waals surface area (Å²) in [7, 11) is 0. The van der Waals surface area contributed by atoms with Crippen LogP contribution < -0.4 is 14.8 Å². The van der Waals surface area contributed by atoms with E-state index in [9.17, 15) is 18.4 Å². The van der Waals surface area contributed by atoms with Crippen LogP contribution in [-0.4, -0.2) is 31.2 Å². The third-order valence-corrected chi connectivity index (χ3v) is 3.68. The maximum absolute atomic E-state index is 12.4. The lowest BCUT2D eigenvalue weighted by Gasteiger charge is -2.15. The first kappa shape index (κ1) is 21.4. The molecule has 2 aromatic rings. The average molecular weight is 414 g/mol. The van der Waals surface area contributed by atoms with Crippen molar-refractivity contribution in [3.8, 4) is 11.5 Å². The van der Waals surface area contributed by atoms with Crippen molar-refractivity contribution in [1.29, 1.82) is 0 Å². The number of hydrogen-bond acceptors (Lipinski definition) is 5. The standard InChI is InChI=1S/C19H18ClF2NO5/c1-3-26-16-9-12(7-8-15(16)28-19(21)22)18(25)27-11(2)17(24)23-14-6-4-5-13(20)10-14/h4-11,19H,3H2,1-2H3,(H,23,24)/t11-/m1/s1. The van der Waals surface area contributed by atoms with E-state index in [1.54, 1.807) is 31.2 Å². The third kappa shape index (κ3) is 6.09. The topological polar surface area (TPSA) is 73.9 Å². The summed E-state index contributed by atoms with van der Waals surface area (Å²) in [5.74, 6) is -1.62. The first-order chi connectivity index (χ1) is 13.3. The normalized spacial score (nSPS) is 11.6. The van der Waals surface area contributed by atoms with Gasteiger partial charge in [0.15, 0.2) is 17.6 Å². The number of rotatable bonds is 8. The summed E-state index contributed by atoms with van der Waals surface area (Å²) in [4.78, 5) is 24.5. The van der Waals surface area contributed by atoms with Gasteiger partial charge in [-0.2, -0.15) is 8.78 Å². The summed E-state index contributed by atoms with van der Waals surface area (Å²) < 4.78 is 39.6. The molecule has 1 amide bonds. The van der Waals surface area contributed by atoms with Crippen LogP contribution in [0.4, 0.5) is 14.5 Å². The second-order valence-corrected chi connectivity index (χ2v) is 5.96. The van der Waals surface area contributed by atoms with E-state index < -0.39 is 24.6 Å². The van der Waals surface area contributed by atoms with Gasteiger partial charge in [-0.15, -0.1) is 0 Å². The van der Waals surface area contributed by atoms with E-state index in [0.29, 0.717) is 10.7 Å². The average Bonchev–Trinajstić information content (AvgIpc) is 2.62. The largest absolute Gasteiger partial charge is 0.490 e. The van der Waals surface area contributed by atoms with E-state index >= 15 is 0 Å². The number of amides is 1. The van der Waals surface area contributed by atoms with Crippen molar-refractivity contribution in [2.75, 3.05) is 11.9 Å². The smallest absolute Gasteiger partial charge is 0.387 e. The molecule has 0 saturated carbocycles. The molecule has 0 heterocycles. The quantitative estimate of drug-likeness (QED) is 0.644. The number of anilines is 1. The first-order valence-electron chi connectivity index (χ1n) is 8.29. The molecule has 9 heteroatoms. The van der Waals surface area contributed by atoms with E-state index in [-0.39, 0.29) is 23.7 Å². The molecule has 1 N–H and O–H groups in total. The second-order valence-electron chi connectivity index (χ2n) is 5.52. The van der Waals surface area contributed by atoms with Crippen LogP contribution in [0.25, 0.3) is 0 Å². The number of alkyl halides is 2. The summed E-state index contributed by atoms with van der Waals surface area (Å²) >= 11 is 5.85. The number of nitrogens with one attached hydrogen (secondary N) is 1. The zero-order valence-corrected chi connectivity index (χ0v) is 15.8. The molecule has 0 aromatic heterocycles. The van der Waals surface area contributed by atoms with Gasteiger partial charge >= 0.3 is 12.6 Å². The van der Waals surface area contributed by atoms with Crippen molar-refractivity contribution >= 4 is 29.2 Å². The van der Waals surface area contributed by atoms with Gasteiger partial charge in [-0.3, -0.25) is 4.79 Å². The van der Waals surface area contributed by atoms with Crippen LogP contribution in [-0.2, 0) is 9.53 Å². The third-order valence-electron chi connectivity index (χ3n) is 3.44. The van der Waals surface area contributed by atoms with E-state index in [4.69, 9.17) is 21.1 Å². The molecule has 0 radical (unpaired) electrons. The van der Waals surface area contributed by atoms with Crippen molar-refractivity contribution in [3.05, 3.63) is 53.1 Å². The van der Waals surface area contributed by atoms with Crippen molar-refractivity contribution < 1.29 is 32.6 Å². The molecule has 0 aliphatic heterocycles. The Bertz CT molecular complexity index is 847. The maximum Gasteiger partial charge on any atom is 0.387 e. The van der Waals surface area contributed by atoms with Crippen LogP contribution in [0.3, 0.4) is 0 Å². The molecular weight excluding hydrogens is 396 g/mol. The fraction of sp³-hybridized carbons (Fsp3) is 0.263. The molecule has 0 aliphatic rings. The zero-order chi connectivity index (χ0) is 20.7. The molecule has 0 saturated heterocycles. The van der Waals surface area contributed by atoms with Gasteiger partial charge in [0.25, 0.3) is 5.91 Å². The van der Waals surface area contributed by atoms with Crippen molar-refractivity contribution in [2.24, 2.45) is 0 Å². The SMILES string of the molecule is CCOc1cc(C(=O)O[C@H](C)C(=O)Nc2cccc(Cl)c2)ccc1OC(F)F. The fourth-order valence-corrected chi connectivity index (χ4v) is 2.38. The second kappa shape index (κ2) is 9.89. The summed E-state index contributed by atoms with van der Waals surface area (Å²) in [6.07, 6.45) is -1.11. The summed E-state index contributed by atoms with van der Waals surface area (Å²) in [5.41, 5.74) is 0.472. The van der Waals surface area contributed by atoms with Crippen LogP contribution >= 0.6 is 11.6 Å². The summed E-state index contributed by atoms with van der Waals surface area (Å²) in [6.45, 7) is 0.193. The Kier molecular flexibility index (Phi) is 7.57. The molecule has 0 unspecified atom stereocenters.